The summed E-state index contributed by atoms with van der Waals surface area (Å²) in [4.78, 5) is 40.6. The highest BCUT2D eigenvalue weighted by atomic mass is 35.5. The second kappa shape index (κ2) is 9.02. The number of nitrogens with one attached hydrogen (secondary N) is 2. The van der Waals surface area contributed by atoms with Crippen molar-refractivity contribution in [2.75, 3.05) is 0 Å². The quantitative estimate of drug-likeness (QED) is 0.488. The number of hydrogen-bond acceptors (Lipinski definition) is 3. The topological polar surface area (TPSA) is 84.0 Å². The summed E-state index contributed by atoms with van der Waals surface area (Å²) in [6, 6.07) is 21.6. The van der Waals surface area contributed by atoms with E-state index in [2.05, 4.69) is 10.3 Å². The van der Waals surface area contributed by atoms with Gasteiger partial charge in [0.1, 0.15) is 0 Å². The van der Waals surface area contributed by atoms with Gasteiger partial charge in [-0.25, -0.2) is 4.79 Å². The van der Waals surface area contributed by atoms with Crippen molar-refractivity contribution in [1.29, 1.82) is 0 Å². The van der Waals surface area contributed by atoms with Gasteiger partial charge in [-0.05, 0) is 41.8 Å². The Kier molecular flexibility index (Phi) is 6.00. The third-order valence-corrected chi connectivity index (χ3v) is 5.48. The van der Waals surface area contributed by atoms with Crippen molar-refractivity contribution in [1.82, 2.24) is 14.9 Å². The van der Waals surface area contributed by atoms with Crippen molar-refractivity contribution in [3.8, 4) is 0 Å². The Labute approximate surface area is 183 Å². The van der Waals surface area contributed by atoms with Crippen LogP contribution in [0.2, 0.25) is 5.02 Å². The predicted octanol–water partition coefficient (Wildman–Crippen LogP) is 3.52. The van der Waals surface area contributed by atoms with Gasteiger partial charge < -0.3 is 10.3 Å². The Bertz CT molecular complexity index is 1360. The molecule has 0 saturated heterocycles. The number of carbonyl (C=O) groups excluding carboxylic acids is 1. The molecular formula is C24H20ClN3O3. The molecule has 0 unspecified atom stereocenters. The van der Waals surface area contributed by atoms with Crippen molar-refractivity contribution in [3.05, 3.63) is 115 Å². The number of benzene rings is 3. The maximum atomic E-state index is 12.8. The Hall–Kier alpha value is -3.64. The summed E-state index contributed by atoms with van der Waals surface area (Å²) < 4.78 is 1.19. The zero-order chi connectivity index (χ0) is 21.8. The highest BCUT2D eigenvalue weighted by Crippen LogP contribution is 2.15. The van der Waals surface area contributed by atoms with Crippen LogP contribution in [0.4, 0.5) is 0 Å². The Morgan fingerprint density at radius 1 is 0.968 bits per heavy atom. The van der Waals surface area contributed by atoms with Gasteiger partial charge in [0.05, 0.1) is 10.9 Å². The number of hydrogen-bond donors (Lipinski definition) is 2. The van der Waals surface area contributed by atoms with Crippen LogP contribution in [0.1, 0.15) is 21.5 Å². The Balaban J connectivity index is 1.55. The molecule has 0 radical (unpaired) electrons. The molecule has 0 aliphatic carbocycles. The van der Waals surface area contributed by atoms with E-state index in [1.165, 1.54) is 10.6 Å². The number of nitrogens with zero attached hydrogens (tertiary/aromatic N) is 1. The molecular weight excluding hydrogens is 414 g/mol. The third kappa shape index (κ3) is 4.59. The highest BCUT2D eigenvalue weighted by molar-refractivity contribution is 6.31. The zero-order valence-corrected chi connectivity index (χ0v) is 17.4. The van der Waals surface area contributed by atoms with E-state index >= 15 is 0 Å². The predicted molar refractivity (Wildman–Crippen MR) is 122 cm³/mol. The van der Waals surface area contributed by atoms with Crippen LogP contribution in [0, 0.1) is 0 Å². The number of rotatable bonds is 6. The SMILES string of the molecule is O=C(NCc1ccccc1Cl)c1ccc2c(=O)n(CCc3ccccc3)c(=O)[nH]c2c1. The first-order valence-electron chi connectivity index (χ1n) is 9.85. The molecule has 0 spiro atoms. The molecule has 0 aliphatic rings. The van der Waals surface area contributed by atoms with E-state index in [9.17, 15) is 14.4 Å². The minimum Gasteiger partial charge on any atom is -0.348 e. The second-order valence-corrected chi connectivity index (χ2v) is 7.56. The van der Waals surface area contributed by atoms with Gasteiger partial charge in [-0.15, -0.1) is 0 Å². The molecule has 7 heteroatoms. The summed E-state index contributed by atoms with van der Waals surface area (Å²) >= 11 is 6.12. The maximum Gasteiger partial charge on any atom is 0.328 e. The number of halogens is 1. The molecule has 6 nitrogen and oxygen atoms in total. The molecule has 31 heavy (non-hydrogen) atoms. The van der Waals surface area contributed by atoms with Crippen molar-refractivity contribution in [3.63, 3.8) is 0 Å². The Morgan fingerprint density at radius 2 is 1.71 bits per heavy atom. The fraction of sp³-hybridized carbons (Fsp3) is 0.125. The van der Waals surface area contributed by atoms with Gasteiger partial charge in [0.2, 0.25) is 0 Å². The van der Waals surface area contributed by atoms with Crippen LogP contribution in [-0.2, 0) is 19.5 Å². The average Bonchev–Trinajstić information content (AvgIpc) is 2.78. The number of carbonyl (C=O) groups is 1. The lowest BCUT2D eigenvalue weighted by Gasteiger charge is -2.09. The standard InChI is InChI=1S/C24H20ClN3O3/c25-20-9-5-4-8-18(20)15-26-22(29)17-10-11-19-21(14-17)27-24(31)28(23(19)30)13-12-16-6-2-1-3-7-16/h1-11,14H,12-13,15H2,(H,26,29)(H,27,31). The molecule has 3 aromatic carbocycles. The van der Waals surface area contributed by atoms with Crippen LogP contribution in [-0.4, -0.2) is 15.5 Å². The lowest BCUT2D eigenvalue weighted by Crippen LogP contribution is -2.35. The summed E-state index contributed by atoms with van der Waals surface area (Å²) in [6.07, 6.45) is 0.567. The van der Waals surface area contributed by atoms with Crippen LogP contribution in [0.5, 0.6) is 0 Å². The summed E-state index contributed by atoms with van der Waals surface area (Å²) in [7, 11) is 0. The van der Waals surface area contributed by atoms with Crippen LogP contribution in [0.3, 0.4) is 0 Å². The Morgan fingerprint density at radius 3 is 2.48 bits per heavy atom. The number of aromatic amines is 1. The molecule has 0 atom stereocenters. The molecule has 156 valence electrons. The normalized spacial score (nSPS) is 10.9. The summed E-state index contributed by atoms with van der Waals surface area (Å²) in [5.74, 6) is -0.323. The number of amides is 1. The fourth-order valence-corrected chi connectivity index (χ4v) is 3.61. The number of aromatic nitrogens is 2. The largest absolute Gasteiger partial charge is 0.348 e. The summed E-state index contributed by atoms with van der Waals surface area (Å²) in [5, 5.41) is 3.73. The average molecular weight is 434 g/mol. The molecule has 4 rings (SSSR count). The first kappa shape index (κ1) is 20.6. The molecule has 0 bridgehead atoms. The van der Waals surface area contributed by atoms with Gasteiger partial charge in [0.25, 0.3) is 11.5 Å². The van der Waals surface area contributed by atoms with Crippen molar-refractivity contribution in [2.24, 2.45) is 0 Å². The van der Waals surface area contributed by atoms with E-state index in [-0.39, 0.29) is 24.6 Å². The fourth-order valence-electron chi connectivity index (χ4n) is 3.40. The van der Waals surface area contributed by atoms with E-state index in [1.807, 2.05) is 48.5 Å². The van der Waals surface area contributed by atoms with Gasteiger partial charge >= 0.3 is 5.69 Å². The van der Waals surface area contributed by atoms with Gasteiger partial charge in [0, 0.05) is 23.7 Å². The molecule has 2 N–H and O–H groups in total. The summed E-state index contributed by atoms with van der Waals surface area (Å²) in [5.41, 5.74) is 1.64. The smallest absolute Gasteiger partial charge is 0.328 e. The lowest BCUT2D eigenvalue weighted by molar-refractivity contribution is 0.0951. The molecule has 0 fully saturated rings. The van der Waals surface area contributed by atoms with Crippen LogP contribution < -0.4 is 16.6 Å². The van der Waals surface area contributed by atoms with E-state index in [1.54, 1.807) is 18.2 Å². The lowest BCUT2D eigenvalue weighted by atomic mass is 10.1. The summed E-state index contributed by atoms with van der Waals surface area (Å²) in [6.45, 7) is 0.544. The molecule has 0 saturated carbocycles. The maximum absolute atomic E-state index is 12.8. The number of H-pyrrole nitrogens is 1. The van der Waals surface area contributed by atoms with Crippen molar-refractivity contribution in [2.45, 2.75) is 19.5 Å². The molecule has 1 aromatic heterocycles. The molecule has 4 aromatic rings. The van der Waals surface area contributed by atoms with Crippen LogP contribution in [0.25, 0.3) is 10.9 Å². The van der Waals surface area contributed by atoms with E-state index in [4.69, 9.17) is 11.6 Å². The van der Waals surface area contributed by atoms with E-state index < -0.39 is 5.69 Å². The van der Waals surface area contributed by atoms with Crippen molar-refractivity contribution >= 4 is 28.4 Å². The van der Waals surface area contributed by atoms with E-state index in [0.29, 0.717) is 27.9 Å². The van der Waals surface area contributed by atoms with E-state index in [0.717, 1.165) is 11.1 Å². The van der Waals surface area contributed by atoms with Crippen LogP contribution in [0.15, 0.2) is 82.4 Å². The van der Waals surface area contributed by atoms with Gasteiger partial charge in [-0.1, -0.05) is 60.1 Å². The van der Waals surface area contributed by atoms with Crippen molar-refractivity contribution < 1.29 is 4.79 Å². The first-order chi connectivity index (χ1) is 15.0. The molecule has 0 aliphatic heterocycles. The van der Waals surface area contributed by atoms with Gasteiger partial charge in [0.15, 0.2) is 0 Å². The highest BCUT2D eigenvalue weighted by Gasteiger charge is 2.12. The first-order valence-corrected chi connectivity index (χ1v) is 10.2. The second-order valence-electron chi connectivity index (χ2n) is 7.16. The van der Waals surface area contributed by atoms with Crippen LogP contribution >= 0.6 is 11.6 Å². The van der Waals surface area contributed by atoms with Gasteiger partial charge in [-0.3, -0.25) is 14.2 Å². The number of fused-ring (bicyclic) bond motifs is 1. The number of aryl methyl sites for hydroxylation is 1. The zero-order valence-electron chi connectivity index (χ0n) is 16.6. The minimum absolute atomic E-state index is 0.272. The minimum atomic E-state index is -0.498. The molecule has 1 heterocycles. The third-order valence-electron chi connectivity index (χ3n) is 5.11. The monoisotopic (exact) mass is 433 g/mol. The van der Waals surface area contributed by atoms with Gasteiger partial charge in [-0.2, -0.15) is 0 Å². The molecule has 1 amide bonds.